The van der Waals surface area contributed by atoms with Gasteiger partial charge in [0.15, 0.2) is 0 Å². The summed E-state index contributed by atoms with van der Waals surface area (Å²) >= 11 is 2.59. The third-order valence-electron chi connectivity index (χ3n) is 3.36. The summed E-state index contributed by atoms with van der Waals surface area (Å²) < 4.78 is 129. The largest absolute Gasteiger partial charge is 0.432 e. The van der Waals surface area contributed by atoms with Crippen LogP contribution in [0, 0.1) is 0 Å². The summed E-state index contributed by atoms with van der Waals surface area (Å²) in [6, 6.07) is 1.16. The zero-order valence-corrected chi connectivity index (χ0v) is 13.3. The molecular weight excluding hydrogens is 426 g/mol. The molecule has 0 aliphatic rings. The normalized spacial score (nSPS) is 15.5. The number of hydrogen-bond donors (Lipinski definition) is 0. The van der Waals surface area contributed by atoms with Gasteiger partial charge in [-0.05, 0) is 30.2 Å². The minimum Gasteiger partial charge on any atom is -0.223 e. The van der Waals surface area contributed by atoms with Gasteiger partial charge in [0.05, 0.1) is 5.56 Å². The van der Waals surface area contributed by atoms with E-state index in [9.17, 15) is 43.9 Å². The molecule has 1 atom stereocenters. The van der Waals surface area contributed by atoms with Crippen molar-refractivity contribution in [2.45, 2.75) is 43.5 Å². The molecule has 0 saturated carbocycles. The topological polar surface area (TPSA) is 0 Å². The molecular formula is C13H9BrF10. The molecule has 1 unspecified atom stereocenters. The SMILES string of the molecule is CCC(c1cc(Br)cc(C(F)(F)F)c1)C(F)(C(F)(F)F)C(F)(F)F. The average molecular weight is 435 g/mol. The predicted octanol–water partition coefficient (Wildman–Crippen LogP) is 6.79. The Kier molecular flexibility index (Phi) is 5.59. The molecule has 0 radical (unpaired) electrons. The molecule has 138 valence electrons. The lowest BCUT2D eigenvalue weighted by molar-refractivity contribution is -0.349. The molecule has 24 heavy (non-hydrogen) atoms. The van der Waals surface area contributed by atoms with Crippen molar-refractivity contribution in [1.82, 2.24) is 0 Å². The molecule has 0 fully saturated rings. The first kappa shape index (κ1) is 21.0. The van der Waals surface area contributed by atoms with Gasteiger partial charge in [-0.1, -0.05) is 22.9 Å². The van der Waals surface area contributed by atoms with E-state index < -0.39 is 52.1 Å². The molecule has 0 bridgehead atoms. The zero-order chi connectivity index (χ0) is 19.1. The van der Waals surface area contributed by atoms with Gasteiger partial charge in [-0.3, -0.25) is 0 Å². The molecule has 1 rings (SSSR count). The van der Waals surface area contributed by atoms with Crippen LogP contribution in [-0.2, 0) is 6.18 Å². The maximum atomic E-state index is 14.2. The summed E-state index contributed by atoms with van der Waals surface area (Å²) in [6.45, 7) is 0.824. The minimum absolute atomic E-state index is 0.0880. The first-order valence-electron chi connectivity index (χ1n) is 6.25. The van der Waals surface area contributed by atoms with Gasteiger partial charge in [-0.2, -0.15) is 39.5 Å². The number of halogens is 11. The fourth-order valence-corrected chi connectivity index (χ4v) is 2.79. The maximum Gasteiger partial charge on any atom is 0.432 e. The van der Waals surface area contributed by atoms with E-state index in [0.29, 0.717) is 12.1 Å². The maximum absolute atomic E-state index is 14.2. The first-order valence-corrected chi connectivity index (χ1v) is 7.05. The van der Waals surface area contributed by atoms with E-state index in [1.54, 1.807) is 0 Å². The van der Waals surface area contributed by atoms with Gasteiger partial charge in [0, 0.05) is 10.4 Å². The molecule has 0 aliphatic carbocycles. The van der Waals surface area contributed by atoms with E-state index in [0.717, 1.165) is 6.92 Å². The molecule has 0 aromatic heterocycles. The van der Waals surface area contributed by atoms with Crippen molar-refractivity contribution < 1.29 is 43.9 Å². The summed E-state index contributed by atoms with van der Waals surface area (Å²) in [5.74, 6) is -2.89. The van der Waals surface area contributed by atoms with Gasteiger partial charge < -0.3 is 0 Å². The van der Waals surface area contributed by atoms with E-state index in [1.807, 2.05) is 0 Å². The van der Waals surface area contributed by atoms with Crippen molar-refractivity contribution in [1.29, 1.82) is 0 Å². The number of hydrogen-bond acceptors (Lipinski definition) is 0. The summed E-state index contributed by atoms with van der Waals surface area (Å²) in [5.41, 5.74) is -8.23. The summed E-state index contributed by atoms with van der Waals surface area (Å²) in [4.78, 5) is 0. The van der Waals surface area contributed by atoms with Crippen LogP contribution in [0.3, 0.4) is 0 Å². The molecule has 0 nitrogen and oxygen atoms in total. The highest BCUT2D eigenvalue weighted by atomic mass is 79.9. The lowest BCUT2D eigenvalue weighted by Gasteiger charge is -2.36. The van der Waals surface area contributed by atoms with Gasteiger partial charge in [0.25, 0.3) is 0 Å². The van der Waals surface area contributed by atoms with Crippen LogP contribution < -0.4 is 0 Å². The highest BCUT2D eigenvalue weighted by molar-refractivity contribution is 9.10. The Morgan fingerprint density at radius 3 is 1.62 bits per heavy atom. The average Bonchev–Trinajstić information content (AvgIpc) is 2.35. The molecule has 1 aromatic carbocycles. The molecule has 0 spiro atoms. The fraction of sp³-hybridized carbons (Fsp3) is 0.538. The van der Waals surface area contributed by atoms with E-state index >= 15 is 0 Å². The zero-order valence-electron chi connectivity index (χ0n) is 11.7. The highest BCUT2D eigenvalue weighted by Gasteiger charge is 2.75. The lowest BCUT2D eigenvalue weighted by atomic mass is 9.80. The molecule has 1 aromatic rings. The number of alkyl halides is 10. The first-order chi connectivity index (χ1) is 10.6. The van der Waals surface area contributed by atoms with E-state index in [-0.39, 0.29) is 6.07 Å². The van der Waals surface area contributed by atoms with Crippen molar-refractivity contribution >= 4 is 15.9 Å². The van der Waals surface area contributed by atoms with Crippen molar-refractivity contribution in [3.8, 4) is 0 Å². The number of benzene rings is 1. The molecule has 0 amide bonds. The highest BCUT2D eigenvalue weighted by Crippen LogP contribution is 2.55. The van der Waals surface area contributed by atoms with Gasteiger partial charge in [-0.15, -0.1) is 0 Å². The Morgan fingerprint density at radius 2 is 1.29 bits per heavy atom. The van der Waals surface area contributed by atoms with Crippen LogP contribution in [0.25, 0.3) is 0 Å². The minimum atomic E-state index is -6.35. The summed E-state index contributed by atoms with van der Waals surface area (Å²) in [5, 5.41) is 0. The monoisotopic (exact) mass is 434 g/mol. The second kappa shape index (κ2) is 6.38. The lowest BCUT2D eigenvalue weighted by Crippen LogP contribution is -2.57. The van der Waals surface area contributed by atoms with E-state index in [2.05, 4.69) is 15.9 Å². The third kappa shape index (κ3) is 3.80. The Morgan fingerprint density at radius 1 is 0.833 bits per heavy atom. The van der Waals surface area contributed by atoms with Crippen LogP contribution >= 0.6 is 15.9 Å². The van der Waals surface area contributed by atoms with Crippen molar-refractivity contribution in [2.75, 3.05) is 0 Å². The second-order valence-electron chi connectivity index (χ2n) is 4.94. The van der Waals surface area contributed by atoms with Crippen LogP contribution in [0.4, 0.5) is 43.9 Å². The predicted molar refractivity (Wildman–Crippen MR) is 68.1 cm³/mol. The quantitative estimate of drug-likeness (QED) is 0.459. The molecule has 0 saturated heterocycles. The molecule has 11 heteroatoms. The van der Waals surface area contributed by atoms with Crippen LogP contribution in [0.1, 0.15) is 30.4 Å². The Hall–Kier alpha value is -1.00. The van der Waals surface area contributed by atoms with Crippen LogP contribution in [0.5, 0.6) is 0 Å². The Bertz CT molecular complexity index is 570. The van der Waals surface area contributed by atoms with Crippen molar-refractivity contribution in [3.63, 3.8) is 0 Å². The van der Waals surface area contributed by atoms with Gasteiger partial charge in [0.1, 0.15) is 0 Å². The second-order valence-corrected chi connectivity index (χ2v) is 5.85. The van der Waals surface area contributed by atoms with Gasteiger partial charge >= 0.3 is 24.2 Å². The van der Waals surface area contributed by atoms with Crippen molar-refractivity contribution in [3.05, 3.63) is 33.8 Å². The fourth-order valence-electron chi connectivity index (χ4n) is 2.28. The van der Waals surface area contributed by atoms with Gasteiger partial charge in [0.2, 0.25) is 0 Å². The van der Waals surface area contributed by atoms with Crippen LogP contribution in [0.2, 0.25) is 0 Å². The van der Waals surface area contributed by atoms with Crippen LogP contribution in [0.15, 0.2) is 22.7 Å². The van der Waals surface area contributed by atoms with Crippen molar-refractivity contribution in [2.24, 2.45) is 0 Å². The third-order valence-corrected chi connectivity index (χ3v) is 3.82. The Balaban J connectivity index is 3.64. The smallest absolute Gasteiger partial charge is 0.223 e. The molecule has 0 N–H and O–H groups in total. The van der Waals surface area contributed by atoms with Crippen LogP contribution in [-0.4, -0.2) is 18.0 Å². The van der Waals surface area contributed by atoms with E-state index in [1.165, 1.54) is 0 Å². The summed E-state index contributed by atoms with van der Waals surface area (Å²) in [7, 11) is 0. The summed E-state index contributed by atoms with van der Waals surface area (Å²) in [6.07, 6.45) is -18.8. The molecule has 0 heterocycles. The number of rotatable bonds is 3. The van der Waals surface area contributed by atoms with Gasteiger partial charge in [-0.25, -0.2) is 4.39 Å². The standard InChI is InChI=1S/C13H9BrF10/c1-2-9(10(15,12(19,20)21)13(22,23)24)6-3-7(11(16,17)18)5-8(14)4-6/h3-5,9H,2H2,1H3. The molecule has 0 aliphatic heterocycles. The Labute approximate surface area is 138 Å². The van der Waals surface area contributed by atoms with E-state index in [4.69, 9.17) is 0 Å².